The number of nitro groups is 1. The number of nitro benzene ring substituents is 1. The van der Waals surface area contributed by atoms with Crippen molar-refractivity contribution in [2.24, 2.45) is 5.92 Å². The third-order valence-electron chi connectivity index (χ3n) is 3.09. The molecule has 1 atom stereocenters. The summed E-state index contributed by atoms with van der Waals surface area (Å²) in [4.78, 5) is 24.0. The first-order valence-corrected chi connectivity index (χ1v) is 5.74. The molecule has 0 aromatic heterocycles. The van der Waals surface area contributed by atoms with Gasteiger partial charge in [-0.05, 0) is 18.1 Å². The van der Waals surface area contributed by atoms with Crippen LogP contribution in [0, 0.1) is 16.0 Å². The van der Waals surface area contributed by atoms with Gasteiger partial charge in [0.25, 0.3) is 5.69 Å². The predicted molar refractivity (Wildman–Crippen MR) is 68.5 cm³/mol. The van der Waals surface area contributed by atoms with Crippen molar-refractivity contribution in [3.8, 4) is 0 Å². The third kappa shape index (κ3) is 1.99. The summed E-state index contributed by atoms with van der Waals surface area (Å²) in [5.74, 6) is -0.115. The van der Waals surface area contributed by atoms with Crippen LogP contribution >= 0.6 is 0 Å². The smallest absolute Gasteiger partial charge is 0.269 e. The molecule has 0 spiro atoms. The van der Waals surface area contributed by atoms with E-state index in [0.717, 1.165) is 11.3 Å². The van der Waals surface area contributed by atoms with Gasteiger partial charge in [-0.25, -0.2) is 0 Å². The molecular weight excluding hydrogens is 232 g/mol. The van der Waals surface area contributed by atoms with E-state index in [4.69, 9.17) is 0 Å². The van der Waals surface area contributed by atoms with E-state index in [-0.39, 0.29) is 17.5 Å². The van der Waals surface area contributed by atoms with Crippen molar-refractivity contribution in [2.45, 2.75) is 13.3 Å². The molecule has 0 saturated carbocycles. The molecule has 5 nitrogen and oxygen atoms in total. The Bertz CT molecular complexity index is 525. The zero-order chi connectivity index (χ0) is 13.3. The van der Waals surface area contributed by atoms with Crippen LogP contribution in [-0.2, 0) is 11.2 Å². The maximum absolute atomic E-state index is 12.0. The Morgan fingerprint density at radius 2 is 2.33 bits per heavy atom. The summed E-state index contributed by atoms with van der Waals surface area (Å²) in [6.07, 6.45) is 2.20. The van der Waals surface area contributed by atoms with Crippen molar-refractivity contribution in [3.05, 3.63) is 46.5 Å². The Kier molecular flexibility index (Phi) is 3.14. The first kappa shape index (κ1) is 12.3. The second kappa shape index (κ2) is 4.60. The quantitative estimate of drug-likeness (QED) is 0.467. The Labute approximate surface area is 105 Å². The first-order chi connectivity index (χ1) is 8.54. The molecule has 1 aromatic carbocycles. The number of hydrogen-bond acceptors (Lipinski definition) is 3. The van der Waals surface area contributed by atoms with E-state index in [1.54, 1.807) is 23.1 Å². The Balaban J connectivity index is 2.48. The molecule has 0 aliphatic carbocycles. The van der Waals surface area contributed by atoms with Gasteiger partial charge < -0.3 is 4.90 Å². The van der Waals surface area contributed by atoms with Crippen LogP contribution in [0.1, 0.15) is 12.5 Å². The second-order valence-electron chi connectivity index (χ2n) is 4.41. The summed E-state index contributed by atoms with van der Waals surface area (Å²) < 4.78 is 0. The molecule has 1 unspecified atom stereocenters. The lowest BCUT2D eigenvalue weighted by atomic mass is 9.92. The van der Waals surface area contributed by atoms with Crippen LogP contribution < -0.4 is 4.90 Å². The molecule has 1 aliphatic heterocycles. The number of anilines is 1. The van der Waals surface area contributed by atoms with Crippen LogP contribution in [0.5, 0.6) is 0 Å². The van der Waals surface area contributed by atoms with Crippen molar-refractivity contribution in [1.29, 1.82) is 0 Å². The number of amides is 1. The summed E-state index contributed by atoms with van der Waals surface area (Å²) in [5, 5.41) is 10.7. The standard InChI is InChI=1S/C13H14N2O3/c1-3-6-14-12-5-4-11(15(17)18)8-10(12)7-9(2)13(14)16/h3-5,8-9H,1,6-7H2,2H3. The largest absolute Gasteiger partial charge is 0.308 e. The van der Waals surface area contributed by atoms with Crippen molar-refractivity contribution < 1.29 is 9.72 Å². The number of non-ortho nitro benzene ring substituents is 1. The molecule has 1 aliphatic rings. The number of carbonyl (C=O) groups is 1. The van der Waals surface area contributed by atoms with Crippen LogP contribution in [0.2, 0.25) is 0 Å². The molecular formula is C13H14N2O3. The number of hydrogen-bond donors (Lipinski definition) is 0. The van der Waals surface area contributed by atoms with Gasteiger partial charge in [0, 0.05) is 30.3 Å². The van der Waals surface area contributed by atoms with Crippen LogP contribution in [-0.4, -0.2) is 17.4 Å². The zero-order valence-electron chi connectivity index (χ0n) is 10.1. The highest BCUT2D eigenvalue weighted by Gasteiger charge is 2.30. The van der Waals surface area contributed by atoms with Crippen LogP contribution in [0.4, 0.5) is 11.4 Å². The van der Waals surface area contributed by atoms with Crippen molar-refractivity contribution in [1.82, 2.24) is 0 Å². The van der Waals surface area contributed by atoms with Gasteiger partial charge in [0.05, 0.1) is 4.92 Å². The fourth-order valence-electron chi connectivity index (χ4n) is 2.23. The van der Waals surface area contributed by atoms with E-state index < -0.39 is 4.92 Å². The molecule has 18 heavy (non-hydrogen) atoms. The van der Waals surface area contributed by atoms with Gasteiger partial charge in [-0.2, -0.15) is 0 Å². The molecule has 2 rings (SSSR count). The lowest BCUT2D eigenvalue weighted by molar-refractivity contribution is -0.384. The van der Waals surface area contributed by atoms with E-state index in [2.05, 4.69) is 6.58 Å². The molecule has 0 fully saturated rings. The van der Waals surface area contributed by atoms with E-state index in [9.17, 15) is 14.9 Å². The average molecular weight is 246 g/mol. The molecule has 0 bridgehead atoms. The summed E-state index contributed by atoms with van der Waals surface area (Å²) in [6, 6.07) is 4.62. The number of fused-ring (bicyclic) bond motifs is 1. The minimum Gasteiger partial charge on any atom is -0.308 e. The summed E-state index contributed by atoms with van der Waals surface area (Å²) in [5.41, 5.74) is 1.66. The molecule has 1 aromatic rings. The molecule has 0 N–H and O–H groups in total. The monoisotopic (exact) mass is 246 g/mol. The first-order valence-electron chi connectivity index (χ1n) is 5.74. The minimum atomic E-state index is -0.417. The van der Waals surface area contributed by atoms with E-state index in [1.165, 1.54) is 6.07 Å². The van der Waals surface area contributed by atoms with Gasteiger partial charge in [0.2, 0.25) is 5.91 Å². The van der Waals surface area contributed by atoms with Gasteiger partial charge in [-0.1, -0.05) is 13.0 Å². The molecule has 0 radical (unpaired) electrons. The van der Waals surface area contributed by atoms with Crippen LogP contribution in [0.15, 0.2) is 30.9 Å². The maximum Gasteiger partial charge on any atom is 0.269 e. The molecule has 5 heteroatoms. The number of nitrogens with zero attached hydrogens (tertiary/aromatic N) is 2. The van der Waals surface area contributed by atoms with Gasteiger partial charge >= 0.3 is 0 Å². The molecule has 1 amide bonds. The summed E-state index contributed by atoms with van der Waals surface area (Å²) in [7, 11) is 0. The van der Waals surface area contributed by atoms with Gasteiger partial charge in [0.15, 0.2) is 0 Å². The average Bonchev–Trinajstić information content (AvgIpc) is 2.34. The Morgan fingerprint density at radius 1 is 1.61 bits per heavy atom. The zero-order valence-corrected chi connectivity index (χ0v) is 10.1. The topological polar surface area (TPSA) is 63.5 Å². The fourth-order valence-corrected chi connectivity index (χ4v) is 2.23. The number of rotatable bonds is 3. The van der Waals surface area contributed by atoms with Gasteiger partial charge in [-0.15, -0.1) is 6.58 Å². The summed E-state index contributed by atoms with van der Waals surface area (Å²) in [6.45, 7) is 5.89. The normalized spacial score (nSPS) is 18.4. The van der Waals surface area contributed by atoms with Gasteiger partial charge in [-0.3, -0.25) is 14.9 Å². The van der Waals surface area contributed by atoms with Gasteiger partial charge in [0.1, 0.15) is 0 Å². The van der Waals surface area contributed by atoms with Crippen molar-refractivity contribution >= 4 is 17.3 Å². The Morgan fingerprint density at radius 3 is 2.94 bits per heavy atom. The SMILES string of the molecule is C=CCN1C(=O)C(C)Cc2cc([N+](=O)[O-])ccc21. The summed E-state index contributed by atoms with van der Waals surface area (Å²) >= 11 is 0. The lowest BCUT2D eigenvalue weighted by Crippen LogP contribution is -2.40. The van der Waals surface area contributed by atoms with Crippen LogP contribution in [0.25, 0.3) is 0 Å². The molecule has 94 valence electrons. The number of carbonyl (C=O) groups excluding carboxylic acids is 1. The Hall–Kier alpha value is -2.17. The highest BCUT2D eigenvalue weighted by molar-refractivity contribution is 5.98. The number of benzene rings is 1. The molecule has 0 saturated heterocycles. The van der Waals surface area contributed by atoms with E-state index >= 15 is 0 Å². The van der Waals surface area contributed by atoms with E-state index in [0.29, 0.717) is 13.0 Å². The maximum atomic E-state index is 12.0. The van der Waals surface area contributed by atoms with Crippen LogP contribution in [0.3, 0.4) is 0 Å². The second-order valence-corrected chi connectivity index (χ2v) is 4.41. The minimum absolute atomic E-state index is 0.0382. The van der Waals surface area contributed by atoms with E-state index in [1.807, 2.05) is 6.92 Å². The lowest BCUT2D eigenvalue weighted by Gasteiger charge is -2.31. The van der Waals surface area contributed by atoms with Crippen molar-refractivity contribution in [3.63, 3.8) is 0 Å². The van der Waals surface area contributed by atoms with Crippen molar-refractivity contribution in [2.75, 3.05) is 11.4 Å². The fraction of sp³-hybridized carbons (Fsp3) is 0.308. The predicted octanol–water partition coefficient (Wildman–Crippen LogP) is 2.31. The molecule has 1 heterocycles. The highest BCUT2D eigenvalue weighted by atomic mass is 16.6. The highest BCUT2D eigenvalue weighted by Crippen LogP contribution is 2.33. The third-order valence-corrected chi connectivity index (χ3v) is 3.09.